The normalized spacial score (nSPS) is 21.9. The van der Waals surface area contributed by atoms with Gasteiger partial charge in [-0.25, -0.2) is 4.98 Å². The summed E-state index contributed by atoms with van der Waals surface area (Å²) in [5, 5.41) is 3.66. The predicted octanol–water partition coefficient (Wildman–Crippen LogP) is 3.44. The second-order valence-corrected chi connectivity index (χ2v) is 9.21. The molecule has 0 aliphatic heterocycles. The lowest BCUT2D eigenvalue weighted by molar-refractivity contribution is 0.0866. The SMILES string of the molecule is Cc1cccn2c(=O)c3cc(C(=O)NC4CC(C)CC(C)(C)C4)n(C)c3nc12. The number of pyridine rings is 1. The third-order valence-electron chi connectivity index (χ3n) is 5.98. The Morgan fingerprint density at radius 3 is 2.75 bits per heavy atom. The van der Waals surface area contributed by atoms with Crippen molar-refractivity contribution in [2.45, 2.75) is 53.0 Å². The Hall–Kier alpha value is -2.63. The average molecular weight is 380 g/mol. The lowest BCUT2D eigenvalue weighted by atomic mass is 9.70. The summed E-state index contributed by atoms with van der Waals surface area (Å²) < 4.78 is 3.28. The van der Waals surface area contributed by atoms with E-state index in [9.17, 15) is 9.59 Å². The van der Waals surface area contributed by atoms with Gasteiger partial charge in [0.05, 0.1) is 5.39 Å². The molecule has 0 spiro atoms. The van der Waals surface area contributed by atoms with Crippen LogP contribution in [-0.4, -0.2) is 25.9 Å². The Balaban J connectivity index is 1.73. The molecule has 6 heteroatoms. The molecule has 1 fully saturated rings. The van der Waals surface area contributed by atoms with Gasteiger partial charge in [0.2, 0.25) is 0 Å². The van der Waals surface area contributed by atoms with Gasteiger partial charge in [0, 0.05) is 19.3 Å². The lowest BCUT2D eigenvalue weighted by Crippen LogP contribution is -2.43. The van der Waals surface area contributed by atoms with Crippen LogP contribution in [0.25, 0.3) is 16.7 Å². The Labute approximate surface area is 164 Å². The summed E-state index contributed by atoms with van der Waals surface area (Å²) in [5.74, 6) is 0.446. The number of fused-ring (bicyclic) bond motifs is 2. The second kappa shape index (κ2) is 6.47. The van der Waals surface area contributed by atoms with Crippen molar-refractivity contribution >= 4 is 22.6 Å². The van der Waals surface area contributed by atoms with Crippen LogP contribution in [0.2, 0.25) is 0 Å². The van der Waals surface area contributed by atoms with Crippen LogP contribution in [0.5, 0.6) is 0 Å². The van der Waals surface area contributed by atoms with E-state index in [0.717, 1.165) is 18.4 Å². The maximum Gasteiger partial charge on any atom is 0.268 e. The number of nitrogens with one attached hydrogen (secondary N) is 1. The molecule has 1 N–H and O–H groups in total. The quantitative estimate of drug-likeness (QED) is 0.740. The molecular weight excluding hydrogens is 352 g/mol. The largest absolute Gasteiger partial charge is 0.348 e. The van der Waals surface area contributed by atoms with E-state index < -0.39 is 0 Å². The number of aromatic nitrogens is 3. The molecule has 0 saturated heterocycles. The summed E-state index contributed by atoms with van der Waals surface area (Å²) in [4.78, 5) is 30.6. The molecule has 3 aromatic rings. The van der Waals surface area contributed by atoms with Crippen molar-refractivity contribution in [2.24, 2.45) is 18.4 Å². The Bertz CT molecular complexity index is 1140. The molecule has 0 bridgehead atoms. The minimum atomic E-state index is -0.147. The molecule has 1 aliphatic carbocycles. The number of carbonyl (C=O) groups is 1. The highest BCUT2D eigenvalue weighted by Crippen LogP contribution is 2.38. The van der Waals surface area contributed by atoms with Crippen LogP contribution in [0, 0.1) is 18.3 Å². The molecule has 0 radical (unpaired) electrons. The molecule has 0 aromatic carbocycles. The highest BCUT2D eigenvalue weighted by molar-refractivity contribution is 5.98. The van der Waals surface area contributed by atoms with Gasteiger partial charge in [-0.1, -0.05) is 26.8 Å². The van der Waals surface area contributed by atoms with E-state index >= 15 is 0 Å². The molecule has 1 saturated carbocycles. The topological polar surface area (TPSA) is 68.4 Å². The van der Waals surface area contributed by atoms with E-state index in [-0.39, 0.29) is 22.9 Å². The highest BCUT2D eigenvalue weighted by atomic mass is 16.2. The number of hydrogen-bond acceptors (Lipinski definition) is 3. The van der Waals surface area contributed by atoms with Crippen LogP contribution >= 0.6 is 0 Å². The number of rotatable bonds is 2. The van der Waals surface area contributed by atoms with Gasteiger partial charge >= 0.3 is 0 Å². The highest BCUT2D eigenvalue weighted by Gasteiger charge is 2.33. The summed E-state index contributed by atoms with van der Waals surface area (Å²) in [6.45, 7) is 8.69. The predicted molar refractivity (Wildman–Crippen MR) is 111 cm³/mol. The van der Waals surface area contributed by atoms with E-state index in [2.05, 4.69) is 31.1 Å². The van der Waals surface area contributed by atoms with E-state index in [1.54, 1.807) is 28.3 Å². The average Bonchev–Trinajstić information content (AvgIpc) is 2.92. The molecule has 2 unspecified atom stereocenters. The molecule has 1 aliphatic rings. The maximum absolute atomic E-state index is 13.0. The smallest absolute Gasteiger partial charge is 0.268 e. The van der Waals surface area contributed by atoms with Gasteiger partial charge in [-0.3, -0.25) is 14.0 Å². The lowest BCUT2D eigenvalue weighted by Gasteiger charge is -2.39. The molecule has 2 atom stereocenters. The van der Waals surface area contributed by atoms with Gasteiger partial charge in [-0.2, -0.15) is 0 Å². The van der Waals surface area contributed by atoms with Gasteiger partial charge < -0.3 is 9.88 Å². The van der Waals surface area contributed by atoms with Crippen molar-refractivity contribution < 1.29 is 4.79 Å². The molecule has 3 heterocycles. The standard InChI is InChI=1S/C22H28N4O2/c1-13-9-15(12-22(3,4)11-13)23-20(27)17-10-16-19(25(17)5)24-18-14(2)7-6-8-26(18)21(16)28/h6-8,10,13,15H,9,11-12H2,1-5H3,(H,23,27). The van der Waals surface area contributed by atoms with Crippen molar-refractivity contribution in [1.29, 1.82) is 0 Å². The summed E-state index contributed by atoms with van der Waals surface area (Å²) in [7, 11) is 1.80. The number of amides is 1. The molecule has 6 nitrogen and oxygen atoms in total. The minimum Gasteiger partial charge on any atom is -0.348 e. The summed E-state index contributed by atoms with van der Waals surface area (Å²) >= 11 is 0. The summed E-state index contributed by atoms with van der Waals surface area (Å²) in [6.07, 6.45) is 4.86. The molecule has 3 aromatic heterocycles. The maximum atomic E-state index is 13.0. The molecule has 148 valence electrons. The third kappa shape index (κ3) is 3.11. The van der Waals surface area contributed by atoms with E-state index in [4.69, 9.17) is 0 Å². The first-order valence-electron chi connectivity index (χ1n) is 9.94. The number of carbonyl (C=O) groups excluding carboxylic acids is 1. The van der Waals surface area contributed by atoms with Gasteiger partial charge in [0.15, 0.2) is 0 Å². The van der Waals surface area contributed by atoms with Crippen LogP contribution in [0.1, 0.15) is 56.1 Å². The van der Waals surface area contributed by atoms with Crippen LogP contribution in [0.3, 0.4) is 0 Å². The Morgan fingerprint density at radius 1 is 1.29 bits per heavy atom. The zero-order valence-electron chi connectivity index (χ0n) is 17.2. The van der Waals surface area contributed by atoms with E-state index in [1.807, 2.05) is 19.1 Å². The fraction of sp³-hybridized carbons (Fsp3) is 0.500. The zero-order chi connectivity index (χ0) is 20.2. The Morgan fingerprint density at radius 2 is 2.04 bits per heavy atom. The minimum absolute atomic E-state index is 0.138. The van der Waals surface area contributed by atoms with Crippen LogP contribution in [0.15, 0.2) is 29.2 Å². The number of aryl methyl sites for hydroxylation is 2. The van der Waals surface area contributed by atoms with Crippen molar-refractivity contribution in [2.75, 3.05) is 0 Å². The Kier molecular flexibility index (Phi) is 4.32. The van der Waals surface area contributed by atoms with E-state index in [1.165, 1.54) is 6.42 Å². The van der Waals surface area contributed by atoms with Crippen molar-refractivity contribution in [3.63, 3.8) is 0 Å². The van der Waals surface area contributed by atoms with E-state index in [0.29, 0.717) is 28.3 Å². The van der Waals surface area contributed by atoms with Crippen LogP contribution in [0.4, 0.5) is 0 Å². The van der Waals surface area contributed by atoms with Crippen molar-refractivity contribution in [3.8, 4) is 0 Å². The first-order chi connectivity index (χ1) is 13.2. The van der Waals surface area contributed by atoms with Crippen LogP contribution in [-0.2, 0) is 7.05 Å². The monoisotopic (exact) mass is 380 g/mol. The van der Waals surface area contributed by atoms with Gasteiger partial charge in [0.1, 0.15) is 17.0 Å². The first kappa shape index (κ1) is 18.7. The van der Waals surface area contributed by atoms with Crippen molar-refractivity contribution in [3.05, 3.63) is 46.0 Å². The molecule has 28 heavy (non-hydrogen) atoms. The molecule has 4 rings (SSSR count). The molecular formula is C22H28N4O2. The second-order valence-electron chi connectivity index (χ2n) is 9.21. The zero-order valence-corrected chi connectivity index (χ0v) is 17.2. The van der Waals surface area contributed by atoms with Gasteiger partial charge in [-0.05, 0) is 55.2 Å². The fourth-order valence-electron chi connectivity index (χ4n) is 4.96. The first-order valence-corrected chi connectivity index (χ1v) is 9.94. The molecule has 1 amide bonds. The fourth-order valence-corrected chi connectivity index (χ4v) is 4.96. The van der Waals surface area contributed by atoms with Crippen LogP contribution < -0.4 is 10.9 Å². The summed E-state index contributed by atoms with van der Waals surface area (Å²) in [6, 6.07) is 5.59. The number of nitrogens with zero attached hydrogens (tertiary/aromatic N) is 3. The third-order valence-corrected chi connectivity index (χ3v) is 5.98. The number of hydrogen-bond donors (Lipinski definition) is 1. The van der Waals surface area contributed by atoms with Gasteiger partial charge in [-0.15, -0.1) is 0 Å². The summed E-state index contributed by atoms with van der Waals surface area (Å²) in [5.41, 5.74) is 2.64. The van der Waals surface area contributed by atoms with Crippen molar-refractivity contribution in [1.82, 2.24) is 19.3 Å². The van der Waals surface area contributed by atoms with Gasteiger partial charge in [0.25, 0.3) is 11.5 Å².